The third kappa shape index (κ3) is 3.26. The molecule has 0 fully saturated rings. The Morgan fingerprint density at radius 2 is 1.55 bits per heavy atom. The van der Waals surface area contributed by atoms with E-state index >= 15 is 0 Å². The second kappa shape index (κ2) is 8.51. The summed E-state index contributed by atoms with van der Waals surface area (Å²) >= 11 is 0. The minimum atomic E-state index is -0.240. The van der Waals surface area contributed by atoms with Gasteiger partial charge in [-0.1, -0.05) is 78.9 Å². The van der Waals surface area contributed by atoms with Gasteiger partial charge in [-0.15, -0.1) is 5.10 Å². The van der Waals surface area contributed by atoms with E-state index in [1.54, 1.807) is 10.8 Å². The molecule has 1 N–H and O–H groups in total. The molecule has 0 radical (unpaired) electrons. The van der Waals surface area contributed by atoms with Gasteiger partial charge in [0.1, 0.15) is 12.1 Å². The maximum Gasteiger partial charge on any atom is 0.230 e. The lowest BCUT2D eigenvalue weighted by Gasteiger charge is -2.26. The van der Waals surface area contributed by atoms with E-state index in [1.165, 1.54) is 0 Å². The Morgan fingerprint density at radius 1 is 0.800 bits per heavy atom. The van der Waals surface area contributed by atoms with Crippen LogP contribution in [0.15, 0.2) is 103 Å². The summed E-state index contributed by atoms with van der Waals surface area (Å²) in [6.45, 7) is 2.00. The van der Waals surface area contributed by atoms with E-state index in [2.05, 4.69) is 17.1 Å². The van der Waals surface area contributed by atoms with Crippen LogP contribution in [0.25, 0.3) is 33.5 Å². The number of nitrogens with zero attached hydrogens (tertiary/aromatic N) is 6. The number of benzene rings is 4. The number of aromatic nitrogens is 6. The number of phenols is 1. The van der Waals surface area contributed by atoms with E-state index in [-0.39, 0.29) is 11.7 Å². The molecule has 4 heterocycles. The monoisotopic (exact) mass is 522 g/mol. The number of phenolic OH excluding ortho intramolecular Hbond substituents is 1. The summed E-state index contributed by atoms with van der Waals surface area (Å²) in [5.74, 6) is 1.40. The first kappa shape index (κ1) is 22.5. The standard InChI is InChI=1S/C32H22N6O2/c1-19-25-26(21-11-4-2-5-12-21)27-30-34-29(24-17-16-20-10-8-9-15-23(20)28(24)39)36-37(30)18-33-31(27)40-32(25)38(35-19)22-13-6-3-7-14-22/h2-18,26,39H,1H3/t26-/m0/s1. The molecule has 8 nitrogen and oxygen atoms in total. The molecular formula is C32H22N6O2. The van der Waals surface area contributed by atoms with Crippen LogP contribution in [-0.2, 0) is 0 Å². The zero-order valence-corrected chi connectivity index (χ0v) is 21.4. The van der Waals surface area contributed by atoms with Crippen molar-refractivity contribution in [3.8, 4) is 34.6 Å². The zero-order chi connectivity index (χ0) is 26.8. The molecule has 0 aliphatic carbocycles. The van der Waals surface area contributed by atoms with Crippen LogP contribution in [-0.4, -0.2) is 34.5 Å². The van der Waals surface area contributed by atoms with Crippen molar-refractivity contribution in [2.75, 3.05) is 0 Å². The highest BCUT2D eigenvalue weighted by molar-refractivity contribution is 5.93. The average molecular weight is 523 g/mol. The average Bonchev–Trinajstić information content (AvgIpc) is 3.58. The first-order valence-corrected chi connectivity index (χ1v) is 13.0. The lowest BCUT2D eigenvalue weighted by molar-refractivity contribution is 0.402. The van der Waals surface area contributed by atoms with Crippen LogP contribution in [0, 0.1) is 6.92 Å². The minimum Gasteiger partial charge on any atom is -0.507 e. The van der Waals surface area contributed by atoms with Gasteiger partial charge in [0.15, 0.2) is 11.5 Å². The van der Waals surface area contributed by atoms with Gasteiger partial charge in [-0.2, -0.15) is 5.10 Å². The smallest absolute Gasteiger partial charge is 0.230 e. The van der Waals surface area contributed by atoms with Crippen LogP contribution in [0.2, 0.25) is 0 Å². The topological polar surface area (TPSA) is 90.4 Å². The Balaban J connectivity index is 1.37. The highest BCUT2D eigenvalue weighted by Crippen LogP contribution is 2.50. The van der Waals surface area contributed by atoms with Gasteiger partial charge < -0.3 is 9.84 Å². The number of aryl methyl sites for hydroxylation is 1. The van der Waals surface area contributed by atoms with Gasteiger partial charge in [0.25, 0.3) is 0 Å². The summed E-state index contributed by atoms with van der Waals surface area (Å²) in [6, 6.07) is 31.7. The van der Waals surface area contributed by atoms with Crippen LogP contribution in [0.1, 0.15) is 28.3 Å². The summed E-state index contributed by atoms with van der Waals surface area (Å²) in [6.07, 6.45) is 1.60. The molecular weight excluding hydrogens is 500 g/mol. The molecule has 1 atom stereocenters. The van der Waals surface area contributed by atoms with Crippen molar-refractivity contribution in [1.82, 2.24) is 29.4 Å². The Morgan fingerprint density at radius 3 is 2.38 bits per heavy atom. The highest BCUT2D eigenvalue weighted by atomic mass is 16.5. The molecule has 0 bridgehead atoms. The lowest BCUT2D eigenvalue weighted by Crippen LogP contribution is -2.16. The second-order valence-electron chi connectivity index (χ2n) is 9.85. The molecule has 0 spiro atoms. The van der Waals surface area contributed by atoms with Gasteiger partial charge in [0.05, 0.1) is 34.0 Å². The Hall–Kier alpha value is -5.50. The van der Waals surface area contributed by atoms with Gasteiger partial charge in [-0.3, -0.25) is 0 Å². The van der Waals surface area contributed by atoms with Crippen LogP contribution < -0.4 is 4.74 Å². The molecule has 0 amide bonds. The van der Waals surface area contributed by atoms with Crippen molar-refractivity contribution in [2.24, 2.45) is 0 Å². The van der Waals surface area contributed by atoms with Crippen LogP contribution >= 0.6 is 0 Å². The van der Waals surface area contributed by atoms with Crippen LogP contribution in [0.3, 0.4) is 0 Å². The van der Waals surface area contributed by atoms with E-state index in [0.29, 0.717) is 28.8 Å². The normalized spacial score (nSPS) is 14.2. The van der Waals surface area contributed by atoms with Gasteiger partial charge in [-0.05, 0) is 36.1 Å². The van der Waals surface area contributed by atoms with Crippen LogP contribution in [0.5, 0.6) is 17.5 Å². The van der Waals surface area contributed by atoms with E-state index in [4.69, 9.17) is 19.9 Å². The molecule has 7 aromatic rings. The van der Waals surface area contributed by atoms with E-state index in [0.717, 1.165) is 38.8 Å². The molecule has 40 heavy (non-hydrogen) atoms. The lowest BCUT2D eigenvalue weighted by atomic mass is 9.84. The Kier molecular flexibility index (Phi) is 4.78. The fourth-order valence-electron chi connectivity index (χ4n) is 5.65. The predicted octanol–water partition coefficient (Wildman–Crippen LogP) is 6.43. The Labute approximate surface area is 228 Å². The highest BCUT2D eigenvalue weighted by Gasteiger charge is 2.38. The van der Waals surface area contributed by atoms with Crippen molar-refractivity contribution in [3.05, 3.63) is 126 Å². The number of hydrogen-bond donors (Lipinski definition) is 1. The number of para-hydroxylation sites is 1. The third-order valence-corrected chi connectivity index (χ3v) is 7.50. The maximum atomic E-state index is 11.1. The first-order valence-electron chi connectivity index (χ1n) is 13.0. The van der Waals surface area contributed by atoms with Crippen molar-refractivity contribution < 1.29 is 9.84 Å². The number of hydrogen-bond acceptors (Lipinski definition) is 6. The Bertz CT molecular complexity index is 2060. The molecule has 0 unspecified atom stereocenters. The zero-order valence-electron chi connectivity index (χ0n) is 21.4. The molecule has 0 saturated heterocycles. The molecule has 4 aromatic carbocycles. The predicted molar refractivity (Wildman–Crippen MR) is 151 cm³/mol. The number of rotatable bonds is 3. The largest absolute Gasteiger partial charge is 0.507 e. The van der Waals surface area contributed by atoms with E-state index < -0.39 is 0 Å². The SMILES string of the molecule is Cc1nn(-c2ccccc2)c2c1[C@H](c1ccccc1)c1c(ncn3nc(-c4ccc5ccccc5c4O)nc13)O2. The molecule has 0 saturated carbocycles. The molecule has 8 heteroatoms. The fraction of sp³-hybridized carbons (Fsp3) is 0.0625. The molecule has 1 aliphatic heterocycles. The van der Waals surface area contributed by atoms with Crippen molar-refractivity contribution in [2.45, 2.75) is 12.8 Å². The molecule has 1 aliphatic rings. The summed E-state index contributed by atoms with van der Waals surface area (Å²) in [5, 5.41) is 22.4. The first-order chi connectivity index (χ1) is 19.7. The maximum absolute atomic E-state index is 11.1. The quantitative estimate of drug-likeness (QED) is 0.288. The van der Waals surface area contributed by atoms with Gasteiger partial charge in [-0.25, -0.2) is 19.2 Å². The fourth-order valence-corrected chi connectivity index (χ4v) is 5.65. The summed E-state index contributed by atoms with van der Waals surface area (Å²) in [4.78, 5) is 9.63. The molecule has 192 valence electrons. The van der Waals surface area contributed by atoms with Crippen molar-refractivity contribution >= 4 is 16.4 Å². The van der Waals surface area contributed by atoms with E-state index in [9.17, 15) is 5.11 Å². The van der Waals surface area contributed by atoms with Crippen molar-refractivity contribution in [1.29, 1.82) is 0 Å². The summed E-state index contributed by atoms with van der Waals surface area (Å²) in [5.41, 5.74) is 5.74. The van der Waals surface area contributed by atoms with Crippen LogP contribution in [0.4, 0.5) is 0 Å². The number of ether oxygens (including phenoxy) is 1. The van der Waals surface area contributed by atoms with Crippen molar-refractivity contribution in [3.63, 3.8) is 0 Å². The summed E-state index contributed by atoms with van der Waals surface area (Å²) in [7, 11) is 0. The molecule has 8 rings (SSSR count). The van der Waals surface area contributed by atoms with Gasteiger partial charge >= 0.3 is 0 Å². The summed E-state index contributed by atoms with van der Waals surface area (Å²) < 4.78 is 9.99. The minimum absolute atomic E-state index is 0.147. The van der Waals surface area contributed by atoms with Gasteiger partial charge in [0.2, 0.25) is 11.8 Å². The second-order valence-corrected chi connectivity index (χ2v) is 9.85. The van der Waals surface area contributed by atoms with E-state index in [1.807, 2.05) is 96.5 Å². The number of fused-ring (bicyclic) bond motifs is 5. The molecule has 3 aromatic heterocycles. The number of aromatic hydroxyl groups is 1. The van der Waals surface area contributed by atoms with Gasteiger partial charge in [0, 0.05) is 5.39 Å². The third-order valence-electron chi connectivity index (χ3n) is 7.50.